The minimum Gasteiger partial charge on any atom is -0.406 e. The summed E-state index contributed by atoms with van der Waals surface area (Å²) in [7, 11) is 0. The Kier molecular flexibility index (Phi) is 8.89. The second-order valence-corrected chi connectivity index (χ2v) is 12.1. The number of urea groups is 1. The molecule has 1 aliphatic heterocycles. The third-order valence-electron chi connectivity index (χ3n) is 8.74. The monoisotopic (exact) mass is 690 g/mol. The van der Waals surface area contributed by atoms with Gasteiger partial charge in [0.15, 0.2) is 0 Å². The third-order valence-corrected chi connectivity index (χ3v) is 9.40. The number of carbonyl (C=O) groups is 2. The average molecular weight is 692 g/mol. The van der Waals surface area contributed by atoms with Crippen LogP contribution in [0.4, 0.5) is 23.7 Å². The summed E-state index contributed by atoms with van der Waals surface area (Å²) in [5.41, 5.74) is 2.50. The van der Waals surface area contributed by atoms with Gasteiger partial charge in [0, 0.05) is 68.9 Å². The third kappa shape index (κ3) is 5.97. The lowest BCUT2D eigenvalue weighted by Crippen LogP contribution is -2.55. The maximum Gasteiger partial charge on any atom is 0.573 e. The van der Waals surface area contributed by atoms with Crippen LogP contribution in [0.25, 0.3) is 22.3 Å². The molecule has 0 spiro atoms. The summed E-state index contributed by atoms with van der Waals surface area (Å²) < 4.78 is 42.6. The number of rotatable bonds is 8. The lowest BCUT2D eigenvalue weighted by atomic mass is 9.68. The molecule has 2 unspecified atom stereocenters. The number of carbonyl (C=O) groups excluding carboxylic acids is 2. The van der Waals surface area contributed by atoms with Crippen molar-refractivity contribution in [3.8, 4) is 28.0 Å². The fraction of sp³-hybridized carbons (Fsp3) is 0.167. The minimum absolute atomic E-state index is 0.0652. The Balaban J connectivity index is 1.53. The predicted molar refractivity (Wildman–Crippen MR) is 178 cm³/mol. The van der Waals surface area contributed by atoms with Gasteiger partial charge in [-0.3, -0.25) is 14.8 Å². The molecule has 6 rings (SSSR count). The van der Waals surface area contributed by atoms with Crippen molar-refractivity contribution in [3.63, 3.8) is 0 Å². The van der Waals surface area contributed by atoms with Crippen molar-refractivity contribution in [2.75, 3.05) is 4.90 Å². The Morgan fingerprint density at radius 1 is 0.729 bits per heavy atom. The maximum absolute atomic E-state index is 15.0. The number of nitrogens with zero attached hydrogens (tertiary/aromatic N) is 3. The Hall–Kier alpha value is -4.93. The number of nitrogens with one attached hydrogen (secondary N) is 1. The van der Waals surface area contributed by atoms with Crippen LogP contribution in [0, 0.1) is 0 Å². The second-order valence-electron chi connectivity index (χ2n) is 11.3. The van der Waals surface area contributed by atoms with Gasteiger partial charge in [0.05, 0.1) is 5.69 Å². The molecule has 244 valence electrons. The highest BCUT2D eigenvalue weighted by molar-refractivity contribution is 6.33. The molecular formula is C36H27Cl2F3N4O3. The first-order valence-electron chi connectivity index (χ1n) is 14.8. The lowest BCUT2D eigenvalue weighted by Gasteiger charge is -2.40. The van der Waals surface area contributed by atoms with Gasteiger partial charge < -0.3 is 10.1 Å². The number of anilines is 1. The standard InChI is InChI=1S/C36H27Cl2F3N4O3/c1-21(25-15-17-42-19-29(25)27-7-3-5-9-31(27)37)35(22(2)26-16-18-43-20-30(26)28-8-4-6-10-32(28)38)33(46)45(34(47)44-35)23-11-13-24(14-12-23)48-36(39,40)41/h3-22H,1-2H3,(H,44,47). The van der Waals surface area contributed by atoms with Crippen LogP contribution < -0.4 is 15.0 Å². The quantitative estimate of drug-likeness (QED) is 0.164. The van der Waals surface area contributed by atoms with Gasteiger partial charge in [-0.2, -0.15) is 0 Å². The van der Waals surface area contributed by atoms with E-state index in [4.69, 9.17) is 23.2 Å². The molecule has 5 aromatic rings. The number of aromatic nitrogens is 2. The molecule has 48 heavy (non-hydrogen) atoms. The molecule has 0 aliphatic carbocycles. The summed E-state index contributed by atoms with van der Waals surface area (Å²) in [4.78, 5) is 38.5. The molecule has 12 heteroatoms. The first-order chi connectivity index (χ1) is 22.9. The molecule has 7 nitrogen and oxygen atoms in total. The van der Waals surface area contributed by atoms with Gasteiger partial charge in [0.1, 0.15) is 11.3 Å². The van der Waals surface area contributed by atoms with Gasteiger partial charge in [-0.25, -0.2) is 9.69 Å². The topological polar surface area (TPSA) is 84.4 Å². The van der Waals surface area contributed by atoms with Crippen molar-refractivity contribution < 1.29 is 27.5 Å². The molecule has 0 bridgehead atoms. The van der Waals surface area contributed by atoms with Crippen molar-refractivity contribution in [1.29, 1.82) is 0 Å². The molecule has 1 saturated heterocycles. The zero-order valence-electron chi connectivity index (χ0n) is 25.5. The predicted octanol–water partition coefficient (Wildman–Crippen LogP) is 9.42. The summed E-state index contributed by atoms with van der Waals surface area (Å²) in [5.74, 6) is -2.51. The largest absolute Gasteiger partial charge is 0.573 e. The zero-order chi connectivity index (χ0) is 34.2. The van der Waals surface area contributed by atoms with Crippen LogP contribution in [0.2, 0.25) is 10.0 Å². The van der Waals surface area contributed by atoms with Gasteiger partial charge >= 0.3 is 12.4 Å². The number of benzene rings is 3. The number of imide groups is 1. The SMILES string of the molecule is CC(c1ccncc1-c1ccccc1Cl)C1(C(C)c2ccncc2-c2ccccc2Cl)NC(=O)N(c2ccc(OC(F)(F)F)cc2)C1=O. The number of hydrogen-bond acceptors (Lipinski definition) is 5. The fourth-order valence-corrected chi connectivity index (χ4v) is 6.90. The Bertz CT molecular complexity index is 1910. The molecule has 3 aromatic carbocycles. The van der Waals surface area contributed by atoms with Crippen LogP contribution in [0.3, 0.4) is 0 Å². The van der Waals surface area contributed by atoms with Gasteiger partial charge in [-0.1, -0.05) is 73.4 Å². The van der Waals surface area contributed by atoms with Crippen LogP contribution in [0.1, 0.15) is 36.8 Å². The van der Waals surface area contributed by atoms with Gasteiger partial charge in [-0.05, 0) is 59.7 Å². The molecule has 1 N–H and O–H groups in total. The van der Waals surface area contributed by atoms with E-state index in [9.17, 15) is 22.8 Å². The molecule has 3 heterocycles. The highest BCUT2D eigenvalue weighted by Crippen LogP contribution is 2.49. The van der Waals surface area contributed by atoms with Crippen LogP contribution in [-0.4, -0.2) is 33.8 Å². The number of pyridine rings is 2. The minimum atomic E-state index is -4.91. The Morgan fingerprint density at radius 3 is 1.67 bits per heavy atom. The number of amides is 3. The highest BCUT2D eigenvalue weighted by atomic mass is 35.5. The number of halogens is 5. The molecular weight excluding hydrogens is 664 g/mol. The van der Waals surface area contributed by atoms with Crippen LogP contribution in [0.5, 0.6) is 5.75 Å². The van der Waals surface area contributed by atoms with E-state index in [0.29, 0.717) is 43.4 Å². The Labute approximate surface area is 284 Å². The van der Waals surface area contributed by atoms with E-state index < -0.39 is 41.4 Å². The van der Waals surface area contributed by atoms with E-state index in [1.807, 2.05) is 38.1 Å². The van der Waals surface area contributed by atoms with Gasteiger partial charge in [0.2, 0.25) is 0 Å². The molecule has 3 amide bonds. The van der Waals surface area contributed by atoms with Crippen LogP contribution in [-0.2, 0) is 4.79 Å². The van der Waals surface area contributed by atoms with Crippen LogP contribution in [0.15, 0.2) is 110 Å². The normalized spacial score (nSPS) is 17.6. The second kappa shape index (κ2) is 12.9. The molecule has 1 aliphatic rings. The first-order valence-corrected chi connectivity index (χ1v) is 15.6. The van der Waals surface area contributed by atoms with E-state index >= 15 is 0 Å². The summed E-state index contributed by atoms with van der Waals surface area (Å²) in [6, 6.07) is 21.8. The summed E-state index contributed by atoms with van der Waals surface area (Å²) in [6.45, 7) is 3.68. The van der Waals surface area contributed by atoms with Crippen molar-refractivity contribution in [3.05, 3.63) is 131 Å². The Morgan fingerprint density at radius 2 is 1.21 bits per heavy atom. The van der Waals surface area contributed by atoms with E-state index in [-0.39, 0.29) is 5.69 Å². The number of hydrogen-bond donors (Lipinski definition) is 1. The van der Waals surface area contributed by atoms with E-state index in [1.165, 1.54) is 12.1 Å². The zero-order valence-corrected chi connectivity index (χ0v) is 27.0. The molecule has 0 radical (unpaired) electrons. The molecule has 2 atom stereocenters. The van der Waals surface area contributed by atoms with E-state index in [2.05, 4.69) is 20.0 Å². The fourth-order valence-electron chi connectivity index (χ4n) is 6.42. The maximum atomic E-state index is 15.0. The summed E-state index contributed by atoms with van der Waals surface area (Å²) in [6.07, 6.45) is 1.61. The highest BCUT2D eigenvalue weighted by Gasteiger charge is 2.59. The molecule has 2 aromatic heterocycles. The number of alkyl halides is 3. The molecule has 0 saturated carbocycles. The number of ether oxygens (including phenoxy) is 1. The lowest BCUT2D eigenvalue weighted by molar-refractivity contribution is -0.274. The average Bonchev–Trinajstić information content (AvgIpc) is 3.34. The van der Waals surface area contributed by atoms with Crippen LogP contribution >= 0.6 is 23.2 Å². The van der Waals surface area contributed by atoms with Crippen molar-refractivity contribution in [2.45, 2.75) is 37.6 Å². The van der Waals surface area contributed by atoms with Gasteiger partial charge in [-0.15, -0.1) is 13.2 Å². The van der Waals surface area contributed by atoms with Gasteiger partial charge in [0.25, 0.3) is 5.91 Å². The van der Waals surface area contributed by atoms with Crippen molar-refractivity contribution in [2.24, 2.45) is 0 Å². The summed E-state index contributed by atoms with van der Waals surface area (Å²) >= 11 is 13.3. The van der Waals surface area contributed by atoms with Crippen molar-refractivity contribution >= 4 is 40.8 Å². The molecule has 1 fully saturated rings. The summed E-state index contributed by atoms with van der Waals surface area (Å²) in [5, 5.41) is 3.97. The van der Waals surface area contributed by atoms with E-state index in [0.717, 1.165) is 17.0 Å². The smallest absolute Gasteiger partial charge is 0.406 e. The first kappa shape index (κ1) is 33.0. The van der Waals surface area contributed by atoms with E-state index in [1.54, 1.807) is 61.2 Å². The van der Waals surface area contributed by atoms with Crippen molar-refractivity contribution in [1.82, 2.24) is 15.3 Å².